The first-order valence-corrected chi connectivity index (χ1v) is 5.82. The van der Waals surface area contributed by atoms with Gasteiger partial charge in [0, 0.05) is 0 Å². The lowest BCUT2D eigenvalue weighted by molar-refractivity contribution is 0.158. The second-order valence-electron chi connectivity index (χ2n) is 1.92. The Morgan fingerprint density at radius 2 is 1.56 bits per heavy atom. The van der Waals surface area contributed by atoms with Crippen LogP contribution < -0.4 is 0 Å². The summed E-state index contributed by atoms with van der Waals surface area (Å²) in [6.07, 6.45) is 2.66. The number of hydrogen-bond acceptors (Lipinski definition) is 1. The fourth-order valence-electron chi connectivity index (χ4n) is 0.655. The molecular formula is C7H17OP. The maximum atomic E-state index is 5.16. The van der Waals surface area contributed by atoms with E-state index >= 15 is 0 Å². The van der Waals surface area contributed by atoms with Crippen LogP contribution in [0.2, 0.25) is 0 Å². The van der Waals surface area contributed by atoms with E-state index in [1.807, 2.05) is 13.8 Å². The molecule has 0 aliphatic carbocycles. The predicted octanol–water partition coefficient (Wildman–Crippen LogP) is 2.15. The van der Waals surface area contributed by atoms with Gasteiger partial charge in [0.25, 0.3) is 0 Å². The second-order valence-corrected chi connectivity index (χ2v) is 4.52. The predicted molar refractivity (Wildman–Crippen MR) is 44.7 cm³/mol. The molecule has 0 bridgehead atoms. The van der Waals surface area contributed by atoms with Crippen LogP contribution in [0.25, 0.3) is 0 Å². The normalized spacial score (nSPS) is 20.3. The van der Waals surface area contributed by atoms with E-state index in [0.29, 0.717) is 7.92 Å². The van der Waals surface area contributed by atoms with E-state index in [4.69, 9.17) is 4.74 Å². The summed E-state index contributed by atoms with van der Waals surface area (Å²) in [5, 5.41) is 0. The highest BCUT2D eigenvalue weighted by molar-refractivity contribution is 7.56. The average Bonchev–Trinajstić information content (AvgIpc) is 1.94. The van der Waals surface area contributed by atoms with Crippen LogP contribution in [-0.4, -0.2) is 32.2 Å². The molecular weight excluding hydrogens is 131 g/mol. The summed E-state index contributed by atoms with van der Waals surface area (Å²) in [6, 6.07) is 0. The van der Waals surface area contributed by atoms with Crippen LogP contribution in [0.1, 0.15) is 13.8 Å². The molecule has 0 atom stereocenters. The van der Waals surface area contributed by atoms with Gasteiger partial charge in [0.15, 0.2) is 0 Å². The molecule has 0 radical (unpaired) electrons. The second kappa shape index (κ2) is 6.51. The molecule has 1 fully saturated rings. The van der Waals surface area contributed by atoms with Crippen molar-refractivity contribution in [1.29, 1.82) is 0 Å². The van der Waals surface area contributed by atoms with Crippen LogP contribution >= 0.6 is 7.92 Å². The highest BCUT2D eigenvalue weighted by Gasteiger charge is 2.05. The number of hydrogen-bond donors (Lipinski definition) is 0. The van der Waals surface area contributed by atoms with Gasteiger partial charge < -0.3 is 4.74 Å². The van der Waals surface area contributed by atoms with Crippen molar-refractivity contribution >= 4 is 7.92 Å². The maximum Gasteiger partial charge on any atom is 0.0505 e. The monoisotopic (exact) mass is 148 g/mol. The SMILES string of the molecule is CC.CP1CCOCC1. The van der Waals surface area contributed by atoms with Crippen LogP contribution in [0.5, 0.6) is 0 Å². The van der Waals surface area contributed by atoms with E-state index in [1.165, 1.54) is 12.3 Å². The van der Waals surface area contributed by atoms with Crippen molar-refractivity contribution < 1.29 is 4.74 Å². The molecule has 1 nitrogen and oxygen atoms in total. The Hall–Kier alpha value is 0.390. The number of rotatable bonds is 0. The van der Waals surface area contributed by atoms with Crippen LogP contribution in [0.4, 0.5) is 0 Å². The quantitative estimate of drug-likeness (QED) is 0.478. The molecule has 1 aliphatic heterocycles. The Bertz CT molecular complexity index is 50.9. The van der Waals surface area contributed by atoms with Gasteiger partial charge in [0.05, 0.1) is 13.2 Å². The molecule has 0 saturated carbocycles. The molecule has 9 heavy (non-hydrogen) atoms. The average molecular weight is 148 g/mol. The lowest BCUT2D eigenvalue weighted by Crippen LogP contribution is -2.11. The van der Waals surface area contributed by atoms with E-state index in [2.05, 4.69) is 6.66 Å². The molecule has 0 aromatic heterocycles. The van der Waals surface area contributed by atoms with Gasteiger partial charge in [-0.3, -0.25) is 0 Å². The molecule has 1 heterocycles. The zero-order valence-corrected chi connectivity index (χ0v) is 7.58. The highest BCUT2D eigenvalue weighted by Crippen LogP contribution is 2.31. The summed E-state index contributed by atoms with van der Waals surface area (Å²) in [6.45, 7) is 8.38. The highest BCUT2D eigenvalue weighted by atomic mass is 31.1. The lowest BCUT2D eigenvalue weighted by Gasteiger charge is -2.17. The minimum atomic E-state index is 0.383. The van der Waals surface area contributed by atoms with E-state index < -0.39 is 0 Å². The van der Waals surface area contributed by atoms with Gasteiger partial charge in [0.2, 0.25) is 0 Å². The van der Waals surface area contributed by atoms with E-state index in [0.717, 1.165) is 13.2 Å². The topological polar surface area (TPSA) is 9.23 Å². The standard InChI is InChI=1S/C5H11OP.C2H6/c1-7-4-2-6-3-5-7;1-2/h2-5H2,1H3;1-2H3. The molecule has 0 unspecified atom stereocenters. The van der Waals surface area contributed by atoms with Crippen molar-refractivity contribution in [1.82, 2.24) is 0 Å². The molecule has 0 amide bonds. The fraction of sp³-hybridized carbons (Fsp3) is 1.00. The van der Waals surface area contributed by atoms with E-state index in [-0.39, 0.29) is 0 Å². The van der Waals surface area contributed by atoms with Crippen molar-refractivity contribution in [2.45, 2.75) is 13.8 Å². The van der Waals surface area contributed by atoms with Crippen LogP contribution in [-0.2, 0) is 4.74 Å². The molecule has 1 saturated heterocycles. The third kappa shape index (κ3) is 4.87. The van der Waals surface area contributed by atoms with Crippen molar-refractivity contribution in [3.63, 3.8) is 0 Å². The fourth-order valence-corrected chi connectivity index (χ4v) is 1.76. The van der Waals surface area contributed by atoms with Crippen molar-refractivity contribution in [3.05, 3.63) is 0 Å². The first-order valence-electron chi connectivity index (χ1n) is 3.66. The molecule has 0 aromatic carbocycles. The molecule has 1 rings (SSSR count). The zero-order chi connectivity index (χ0) is 7.11. The molecule has 1 aliphatic rings. The van der Waals surface area contributed by atoms with Gasteiger partial charge in [-0.2, -0.15) is 0 Å². The summed E-state index contributed by atoms with van der Waals surface area (Å²) in [5.74, 6) is 0. The van der Waals surface area contributed by atoms with Gasteiger partial charge in [-0.25, -0.2) is 0 Å². The van der Waals surface area contributed by atoms with Crippen LogP contribution in [0.3, 0.4) is 0 Å². The molecule has 0 N–H and O–H groups in total. The molecule has 56 valence electrons. The Balaban J connectivity index is 0.000000291. The summed E-state index contributed by atoms with van der Waals surface area (Å²) in [7, 11) is 0.383. The van der Waals surface area contributed by atoms with Crippen molar-refractivity contribution in [2.24, 2.45) is 0 Å². The van der Waals surface area contributed by atoms with Crippen molar-refractivity contribution in [2.75, 3.05) is 32.2 Å². The zero-order valence-electron chi connectivity index (χ0n) is 6.68. The molecule has 2 heteroatoms. The van der Waals surface area contributed by atoms with Gasteiger partial charge in [-0.15, -0.1) is 7.92 Å². The smallest absolute Gasteiger partial charge is 0.0505 e. The molecule has 0 aromatic rings. The summed E-state index contributed by atoms with van der Waals surface area (Å²) >= 11 is 0. The molecule has 0 spiro atoms. The minimum Gasteiger partial charge on any atom is -0.381 e. The van der Waals surface area contributed by atoms with Gasteiger partial charge in [-0.1, -0.05) is 13.8 Å². The van der Waals surface area contributed by atoms with Crippen molar-refractivity contribution in [3.8, 4) is 0 Å². The Morgan fingerprint density at radius 1 is 1.11 bits per heavy atom. The lowest BCUT2D eigenvalue weighted by atomic mass is 10.8. The maximum absolute atomic E-state index is 5.16. The summed E-state index contributed by atoms with van der Waals surface area (Å²) in [5.41, 5.74) is 0. The van der Waals surface area contributed by atoms with Gasteiger partial charge in [-0.05, 0) is 19.0 Å². The van der Waals surface area contributed by atoms with Gasteiger partial charge >= 0.3 is 0 Å². The minimum absolute atomic E-state index is 0.383. The Kier molecular flexibility index (Phi) is 6.79. The largest absolute Gasteiger partial charge is 0.381 e. The third-order valence-electron chi connectivity index (χ3n) is 1.23. The summed E-state index contributed by atoms with van der Waals surface area (Å²) in [4.78, 5) is 0. The third-order valence-corrected chi connectivity index (χ3v) is 3.13. The van der Waals surface area contributed by atoms with Gasteiger partial charge in [0.1, 0.15) is 0 Å². The van der Waals surface area contributed by atoms with E-state index in [1.54, 1.807) is 0 Å². The van der Waals surface area contributed by atoms with Crippen LogP contribution in [0.15, 0.2) is 0 Å². The first kappa shape index (κ1) is 9.39. The first-order chi connectivity index (χ1) is 4.39. The van der Waals surface area contributed by atoms with Crippen LogP contribution in [0, 0.1) is 0 Å². The van der Waals surface area contributed by atoms with E-state index in [9.17, 15) is 0 Å². The summed E-state index contributed by atoms with van der Waals surface area (Å²) < 4.78 is 5.16. The number of ether oxygens (including phenoxy) is 1. The Morgan fingerprint density at radius 3 is 1.78 bits per heavy atom. The Labute approximate surface area is 59.5 Å².